The number of pyridine rings is 1. The summed E-state index contributed by atoms with van der Waals surface area (Å²) in [4.78, 5) is 17.8. The number of amides is 1. The van der Waals surface area contributed by atoms with Crippen molar-refractivity contribution in [3.05, 3.63) is 65.2 Å². The van der Waals surface area contributed by atoms with Crippen LogP contribution in [0.1, 0.15) is 15.9 Å². The van der Waals surface area contributed by atoms with E-state index in [0.29, 0.717) is 23.6 Å². The van der Waals surface area contributed by atoms with Gasteiger partial charge in [-0.1, -0.05) is 6.07 Å². The highest BCUT2D eigenvalue weighted by Gasteiger charge is 2.08. The van der Waals surface area contributed by atoms with E-state index >= 15 is 0 Å². The molecule has 0 spiro atoms. The maximum absolute atomic E-state index is 12.3. The van der Waals surface area contributed by atoms with Gasteiger partial charge in [0, 0.05) is 18.8 Å². The van der Waals surface area contributed by atoms with Crippen LogP contribution in [0, 0.1) is 0 Å². The molecule has 1 N–H and O–H groups in total. The van der Waals surface area contributed by atoms with Crippen molar-refractivity contribution in [3.8, 4) is 22.1 Å². The Hall–Kier alpha value is -2.86. The fourth-order valence-corrected chi connectivity index (χ4v) is 3.05. The van der Waals surface area contributed by atoms with E-state index in [-0.39, 0.29) is 5.91 Å². The number of nitrogens with one attached hydrogen (secondary N) is 1. The molecule has 3 aromatic rings. The molecular weight excluding hydrogens is 336 g/mol. The SMILES string of the molecule is COc1cc(CNC(=O)c2ccc(-c3cccs3)nc2)cc(OC)c1. The van der Waals surface area contributed by atoms with Crippen LogP contribution in [-0.2, 0) is 6.54 Å². The van der Waals surface area contributed by atoms with Gasteiger partial charge < -0.3 is 14.8 Å². The van der Waals surface area contributed by atoms with E-state index in [0.717, 1.165) is 16.1 Å². The Morgan fingerprint density at radius 1 is 1.12 bits per heavy atom. The molecule has 0 saturated carbocycles. The molecule has 0 radical (unpaired) electrons. The minimum atomic E-state index is -0.174. The van der Waals surface area contributed by atoms with Crippen molar-refractivity contribution in [2.45, 2.75) is 6.54 Å². The summed E-state index contributed by atoms with van der Waals surface area (Å²) in [5.74, 6) is 1.20. The predicted octanol–water partition coefficient (Wildman–Crippen LogP) is 3.76. The van der Waals surface area contributed by atoms with Gasteiger partial charge in [0.15, 0.2) is 0 Å². The second-order valence-corrected chi connectivity index (χ2v) is 6.26. The third kappa shape index (κ3) is 4.16. The van der Waals surface area contributed by atoms with Gasteiger partial charge in [0.05, 0.1) is 30.4 Å². The first-order chi connectivity index (χ1) is 12.2. The van der Waals surface area contributed by atoms with Gasteiger partial charge in [-0.05, 0) is 41.3 Å². The second kappa shape index (κ2) is 7.81. The lowest BCUT2D eigenvalue weighted by Gasteiger charge is -2.10. The number of carbonyl (C=O) groups is 1. The van der Waals surface area contributed by atoms with Crippen molar-refractivity contribution in [2.24, 2.45) is 0 Å². The number of hydrogen-bond donors (Lipinski definition) is 1. The van der Waals surface area contributed by atoms with Gasteiger partial charge in [0.1, 0.15) is 11.5 Å². The Labute approximate surface area is 150 Å². The fourth-order valence-electron chi connectivity index (χ4n) is 2.35. The van der Waals surface area contributed by atoms with Crippen LogP contribution in [0.15, 0.2) is 54.0 Å². The predicted molar refractivity (Wildman–Crippen MR) is 98.3 cm³/mol. The molecule has 25 heavy (non-hydrogen) atoms. The lowest BCUT2D eigenvalue weighted by Crippen LogP contribution is -2.22. The van der Waals surface area contributed by atoms with Gasteiger partial charge >= 0.3 is 0 Å². The fraction of sp³-hybridized carbons (Fsp3) is 0.158. The second-order valence-electron chi connectivity index (χ2n) is 5.31. The van der Waals surface area contributed by atoms with Gasteiger partial charge in [-0.15, -0.1) is 11.3 Å². The van der Waals surface area contributed by atoms with Crippen molar-refractivity contribution in [2.75, 3.05) is 14.2 Å². The normalized spacial score (nSPS) is 10.3. The minimum Gasteiger partial charge on any atom is -0.497 e. The van der Waals surface area contributed by atoms with Crippen molar-refractivity contribution < 1.29 is 14.3 Å². The van der Waals surface area contributed by atoms with E-state index in [2.05, 4.69) is 10.3 Å². The average Bonchev–Trinajstić information content (AvgIpc) is 3.20. The first kappa shape index (κ1) is 17.0. The number of hydrogen-bond acceptors (Lipinski definition) is 5. The topological polar surface area (TPSA) is 60.5 Å². The van der Waals surface area contributed by atoms with Gasteiger partial charge in [0.25, 0.3) is 5.91 Å². The summed E-state index contributed by atoms with van der Waals surface area (Å²) in [5.41, 5.74) is 2.28. The maximum atomic E-state index is 12.3. The largest absolute Gasteiger partial charge is 0.497 e. The highest BCUT2D eigenvalue weighted by Crippen LogP contribution is 2.23. The third-order valence-corrected chi connectivity index (χ3v) is 4.56. The summed E-state index contributed by atoms with van der Waals surface area (Å²) >= 11 is 1.62. The molecular formula is C19H18N2O3S. The van der Waals surface area contributed by atoms with Gasteiger partial charge in [0.2, 0.25) is 0 Å². The highest BCUT2D eigenvalue weighted by molar-refractivity contribution is 7.13. The van der Waals surface area contributed by atoms with Crippen molar-refractivity contribution in [3.63, 3.8) is 0 Å². The molecule has 2 heterocycles. The van der Waals surface area contributed by atoms with Crippen LogP contribution in [0.4, 0.5) is 0 Å². The van der Waals surface area contributed by atoms with Crippen LogP contribution >= 0.6 is 11.3 Å². The molecule has 1 aromatic carbocycles. The number of benzene rings is 1. The number of thiophene rings is 1. The molecule has 0 saturated heterocycles. The van der Waals surface area contributed by atoms with E-state index < -0.39 is 0 Å². The molecule has 0 unspecified atom stereocenters. The van der Waals surface area contributed by atoms with Crippen molar-refractivity contribution in [1.29, 1.82) is 0 Å². The van der Waals surface area contributed by atoms with Crippen LogP contribution in [0.2, 0.25) is 0 Å². The molecule has 128 valence electrons. The number of nitrogens with zero attached hydrogens (tertiary/aromatic N) is 1. The van der Waals surface area contributed by atoms with Gasteiger partial charge in [-0.3, -0.25) is 9.78 Å². The lowest BCUT2D eigenvalue weighted by atomic mass is 10.2. The Morgan fingerprint density at radius 3 is 2.44 bits per heavy atom. The number of aromatic nitrogens is 1. The van der Waals surface area contributed by atoms with E-state index in [1.54, 1.807) is 43.9 Å². The van der Waals surface area contributed by atoms with Crippen LogP contribution in [0.25, 0.3) is 10.6 Å². The summed E-state index contributed by atoms with van der Waals surface area (Å²) in [7, 11) is 3.19. The van der Waals surface area contributed by atoms with Crippen LogP contribution in [-0.4, -0.2) is 25.1 Å². The molecule has 3 rings (SSSR count). The Morgan fingerprint density at radius 2 is 1.88 bits per heavy atom. The maximum Gasteiger partial charge on any atom is 0.253 e. The van der Waals surface area contributed by atoms with E-state index in [1.807, 2.05) is 35.7 Å². The zero-order valence-electron chi connectivity index (χ0n) is 14.0. The molecule has 0 aliphatic heterocycles. The smallest absolute Gasteiger partial charge is 0.253 e. The third-order valence-electron chi connectivity index (χ3n) is 3.66. The summed E-state index contributed by atoms with van der Waals surface area (Å²) < 4.78 is 10.5. The number of ether oxygens (including phenoxy) is 2. The van der Waals surface area contributed by atoms with Crippen molar-refractivity contribution in [1.82, 2.24) is 10.3 Å². The summed E-state index contributed by atoms with van der Waals surface area (Å²) in [5, 5.41) is 4.88. The molecule has 0 aliphatic rings. The molecule has 5 nitrogen and oxygen atoms in total. The number of methoxy groups -OCH3 is 2. The van der Waals surface area contributed by atoms with Crippen LogP contribution in [0.5, 0.6) is 11.5 Å². The Bertz CT molecular complexity index is 823. The first-order valence-electron chi connectivity index (χ1n) is 7.69. The molecule has 2 aromatic heterocycles. The summed E-state index contributed by atoms with van der Waals surface area (Å²) in [6.45, 7) is 0.374. The molecule has 0 atom stereocenters. The number of carbonyl (C=O) groups excluding carboxylic acids is 1. The zero-order chi connectivity index (χ0) is 17.6. The average molecular weight is 354 g/mol. The Kier molecular flexibility index (Phi) is 5.30. The van der Waals surface area contributed by atoms with Crippen LogP contribution in [0.3, 0.4) is 0 Å². The van der Waals surface area contributed by atoms with E-state index in [1.165, 1.54) is 0 Å². The standard InChI is InChI=1S/C19H18N2O3S/c1-23-15-8-13(9-16(10-15)24-2)11-21-19(22)14-5-6-17(20-12-14)18-4-3-7-25-18/h3-10,12H,11H2,1-2H3,(H,21,22). The van der Waals surface area contributed by atoms with E-state index in [9.17, 15) is 4.79 Å². The molecule has 0 bridgehead atoms. The molecule has 0 fully saturated rings. The van der Waals surface area contributed by atoms with Gasteiger partial charge in [-0.2, -0.15) is 0 Å². The summed E-state index contributed by atoms with van der Waals surface area (Å²) in [6, 6.07) is 13.1. The number of rotatable bonds is 6. The quantitative estimate of drug-likeness (QED) is 0.732. The zero-order valence-corrected chi connectivity index (χ0v) is 14.8. The Balaban J connectivity index is 1.66. The first-order valence-corrected chi connectivity index (χ1v) is 8.57. The highest BCUT2D eigenvalue weighted by atomic mass is 32.1. The molecule has 1 amide bonds. The van der Waals surface area contributed by atoms with Gasteiger partial charge in [-0.25, -0.2) is 0 Å². The molecule has 0 aliphatic carbocycles. The van der Waals surface area contributed by atoms with E-state index in [4.69, 9.17) is 9.47 Å². The van der Waals surface area contributed by atoms with Crippen LogP contribution < -0.4 is 14.8 Å². The monoisotopic (exact) mass is 354 g/mol. The lowest BCUT2D eigenvalue weighted by molar-refractivity contribution is 0.0950. The van der Waals surface area contributed by atoms with Crippen molar-refractivity contribution >= 4 is 17.2 Å². The minimum absolute atomic E-state index is 0.174. The summed E-state index contributed by atoms with van der Waals surface area (Å²) in [6.07, 6.45) is 1.59. The molecule has 6 heteroatoms.